The summed E-state index contributed by atoms with van der Waals surface area (Å²) < 4.78 is 32.8. The van der Waals surface area contributed by atoms with Gasteiger partial charge in [0.1, 0.15) is 24.0 Å². The van der Waals surface area contributed by atoms with Crippen LogP contribution in [0.1, 0.15) is 11.1 Å². The smallest absolute Gasteiger partial charge is 0.223 e. The summed E-state index contributed by atoms with van der Waals surface area (Å²) in [7, 11) is 0. The van der Waals surface area contributed by atoms with E-state index < -0.39 is 5.82 Å². The topological polar surface area (TPSA) is 64.4 Å². The van der Waals surface area contributed by atoms with Gasteiger partial charge in [0.15, 0.2) is 0 Å². The van der Waals surface area contributed by atoms with Crippen LogP contribution in [0.15, 0.2) is 42.5 Å². The molecule has 2 aromatic carbocycles. The fraction of sp³-hybridized carbons (Fsp3) is 0.278. The number of amides is 1. The zero-order chi connectivity index (χ0) is 17.1. The molecule has 2 atom stereocenters. The molecular formula is C18H18F2N2O2. The van der Waals surface area contributed by atoms with Crippen LogP contribution in [0.3, 0.4) is 0 Å². The molecule has 0 aromatic heterocycles. The Labute approximate surface area is 138 Å². The minimum absolute atomic E-state index is 0.129. The summed E-state index contributed by atoms with van der Waals surface area (Å²) in [6.45, 7) is 0.695. The van der Waals surface area contributed by atoms with Crippen LogP contribution in [0.2, 0.25) is 0 Å². The third-order valence-electron chi connectivity index (χ3n) is 4.21. The van der Waals surface area contributed by atoms with Gasteiger partial charge in [-0.15, -0.1) is 0 Å². The van der Waals surface area contributed by atoms with Crippen molar-refractivity contribution in [3.05, 3.63) is 65.2 Å². The van der Waals surface area contributed by atoms with Gasteiger partial charge in [-0.2, -0.15) is 0 Å². The van der Waals surface area contributed by atoms with Crippen LogP contribution in [0.4, 0.5) is 8.78 Å². The highest BCUT2D eigenvalue weighted by atomic mass is 19.1. The molecule has 4 nitrogen and oxygen atoms in total. The van der Waals surface area contributed by atoms with Crippen molar-refractivity contribution in [1.82, 2.24) is 5.32 Å². The van der Waals surface area contributed by atoms with Gasteiger partial charge in [0.25, 0.3) is 0 Å². The van der Waals surface area contributed by atoms with Crippen molar-refractivity contribution >= 4 is 5.91 Å². The third kappa shape index (κ3) is 3.71. The maximum atomic E-state index is 14.2. The number of carbonyl (C=O) groups is 1. The van der Waals surface area contributed by atoms with Crippen molar-refractivity contribution in [2.24, 2.45) is 11.7 Å². The van der Waals surface area contributed by atoms with Crippen LogP contribution >= 0.6 is 0 Å². The summed E-state index contributed by atoms with van der Waals surface area (Å²) in [6, 6.07) is 10.5. The lowest BCUT2D eigenvalue weighted by Gasteiger charge is -2.36. The number of ether oxygens (including phenoxy) is 1. The Hall–Kier alpha value is -2.47. The number of primary amides is 1. The molecule has 1 aliphatic rings. The largest absolute Gasteiger partial charge is 0.489 e. The van der Waals surface area contributed by atoms with Crippen LogP contribution < -0.4 is 15.8 Å². The van der Waals surface area contributed by atoms with Gasteiger partial charge in [-0.3, -0.25) is 4.79 Å². The normalized spacial score (nSPS) is 19.6. The van der Waals surface area contributed by atoms with E-state index in [1.807, 2.05) is 0 Å². The van der Waals surface area contributed by atoms with E-state index in [1.165, 1.54) is 18.2 Å². The molecule has 1 saturated heterocycles. The van der Waals surface area contributed by atoms with Gasteiger partial charge < -0.3 is 15.8 Å². The zero-order valence-corrected chi connectivity index (χ0v) is 13.0. The van der Waals surface area contributed by atoms with E-state index in [1.54, 1.807) is 24.3 Å². The number of hydrogen-bond acceptors (Lipinski definition) is 3. The van der Waals surface area contributed by atoms with Crippen molar-refractivity contribution in [3.63, 3.8) is 0 Å². The molecule has 0 radical (unpaired) electrons. The molecule has 6 heteroatoms. The first-order valence-electron chi connectivity index (χ1n) is 7.71. The summed E-state index contributed by atoms with van der Waals surface area (Å²) in [6.07, 6.45) is 0.392. The van der Waals surface area contributed by atoms with Gasteiger partial charge in [0.2, 0.25) is 5.91 Å². The van der Waals surface area contributed by atoms with E-state index in [4.69, 9.17) is 10.5 Å². The molecule has 3 N–H and O–H groups in total. The molecule has 0 aliphatic carbocycles. The van der Waals surface area contributed by atoms with Crippen molar-refractivity contribution < 1.29 is 18.3 Å². The van der Waals surface area contributed by atoms with Crippen molar-refractivity contribution in [2.75, 3.05) is 6.54 Å². The highest BCUT2D eigenvalue weighted by molar-refractivity contribution is 5.78. The fourth-order valence-electron chi connectivity index (χ4n) is 2.73. The average Bonchev–Trinajstić information content (AvgIpc) is 2.50. The third-order valence-corrected chi connectivity index (χ3v) is 4.21. The van der Waals surface area contributed by atoms with Crippen LogP contribution in [-0.4, -0.2) is 18.5 Å². The number of nitrogens with one attached hydrogen (secondary N) is 1. The van der Waals surface area contributed by atoms with E-state index in [2.05, 4.69) is 5.32 Å². The summed E-state index contributed by atoms with van der Waals surface area (Å²) in [5, 5.41) is 3.08. The Balaban J connectivity index is 1.61. The molecule has 2 unspecified atom stereocenters. The van der Waals surface area contributed by atoms with Gasteiger partial charge >= 0.3 is 0 Å². The molecular weight excluding hydrogens is 314 g/mol. The second-order valence-corrected chi connectivity index (χ2v) is 5.90. The van der Waals surface area contributed by atoms with E-state index in [9.17, 15) is 13.6 Å². The number of hydrogen-bond donors (Lipinski definition) is 2. The van der Waals surface area contributed by atoms with Gasteiger partial charge in [0, 0.05) is 18.7 Å². The van der Waals surface area contributed by atoms with Gasteiger partial charge in [-0.1, -0.05) is 18.2 Å². The Bertz CT molecular complexity index is 752. The number of nitrogens with two attached hydrogens (primary N) is 1. The number of carbonyl (C=O) groups excluding carboxylic acids is 1. The molecule has 0 bridgehead atoms. The minimum Gasteiger partial charge on any atom is -0.489 e. The Kier molecular flexibility index (Phi) is 4.76. The van der Waals surface area contributed by atoms with Crippen LogP contribution in [0.25, 0.3) is 0 Å². The maximum absolute atomic E-state index is 14.2. The van der Waals surface area contributed by atoms with Gasteiger partial charge in [-0.25, -0.2) is 8.78 Å². The molecule has 24 heavy (non-hydrogen) atoms. The minimum atomic E-state index is -0.399. The second kappa shape index (κ2) is 6.97. The number of rotatable bonds is 6. The van der Waals surface area contributed by atoms with Crippen molar-refractivity contribution in [2.45, 2.75) is 19.1 Å². The predicted molar refractivity (Wildman–Crippen MR) is 85.3 cm³/mol. The highest BCUT2D eigenvalue weighted by Gasteiger charge is 2.34. The van der Waals surface area contributed by atoms with Gasteiger partial charge in [-0.05, 0) is 35.7 Å². The zero-order valence-electron chi connectivity index (χ0n) is 13.0. The summed E-state index contributed by atoms with van der Waals surface area (Å²) in [5.74, 6) is -0.991. The molecule has 2 aromatic rings. The molecule has 1 fully saturated rings. The molecule has 1 heterocycles. The fourth-order valence-corrected chi connectivity index (χ4v) is 2.73. The Morgan fingerprint density at radius 2 is 2.08 bits per heavy atom. The lowest BCUT2D eigenvalue weighted by Crippen LogP contribution is -2.59. The first-order valence-corrected chi connectivity index (χ1v) is 7.71. The molecule has 126 valence electrons. The highest BCUT2D eigenvalue weighted by Crippen LogP contribution is 2.23. The number of halogens is 2. The van der Waals surface area contributed by atoms with Crippen molar-refractivity contribution in [3.8, 4) is 5.75 Å². The molecule has 1 aliphatic heterocycles. The maximum Gasteiger partial charge on any atom is 0.223 e. The summed E-state index contributed by atoms with van der Waals surface area (Å²) in [4.78, 5) is 11.2. The lowest BCUT2D eigenvalue weighted by atomic mass is 9.86. The first-order chi connectivity index (χ1) is 11.5. The molecule has 0 saturated carbocycles. The summed E-state index contributed by atoms with van der Waals surface area (Å²) in [5.41, 5.74) is 6.46. The van der Waals surface area contributed by atoms with Crippen LogP contribution in [0, 0.1) is 17.6 Å². The quantitative estimate of drug-likeness (QED) is 0.852. The molecule has 0 spiro atoms. The van der Waals surface area contributed by atoms with E-state index >= 15 is 0 Å². The number of benzene rings is 2. The van der Waals surface area contributed by atoms with Crippen LogP contribution in [0.5, 0.6) is 5.75 Å². The van der Waals surface area contributed by atoms with Crippen LogP contribution in [-0.2, 0) is 17.8 Å². The summed E-state index contributed by atoms with van der Waals surface area (Å²) >= 11 is 0. The van der Waals surface area contributed by atoms with Crippen molar-refractivity contribution in [1.29, 1.82) is 0 Å². The lowest BCUT2D eigenvalue weighted by molar-refractivity contribution is -0.124. The molecule has 1 amide bonds. The standard InChI is InChI=1S/C18H18F2N2O2/c19-13-3-1-2-11(6-13)10-24-14-5-4-12(16(20)8-14)7-17-15(9-22-17)18(21)23/h1-6,8,15,17,22H,7,9-10H2,(H2,21,23). The van der Waals surface area contributed by atoms with E-state index in [0.29, 0.717) is 29.8 Å². The average molecular weight is 332 g/mol. The van der Waals surface area contributed by atoms with Gasteiger partial charge in [0.05, 0.1) is 5.92 Å². The first kappa shape index (κ1) is 16.4. The molecule has 3 rings (SSSR count). The van der Waals surface area contributed by atoms with E-state index in [0.717, 1.165) is 0 Å². The van der Waals surface area contributed by atoms with E-state index in [-0.39, 0.29) is 30.3 Å². The Morgan fingerprint density at radius 3 is 2.71 bits per heavy atom. The monoisotopic (exact) mass is 332 g/mol. The predicted octanol–water partition coefficient (Wildman–Crippen LogP) is 2.16. The SMILES string of the molecule is NC(=O)C1CNC1Cc1ccc(OCc2cccc(F)c2)cc1F. The Morgan fingerprint density at radius 1 is 1.25 bits per heavy atom. The second-order valence-electron chi connectivity index (χ2n) is 5.90.